The summed E-state index contributed by atoms with van der Waals surface area (Å²) in [6.45, 7) is 7.08. The summed E-state index contributed by atoms with van der Waals surface area (Å²) in [4.78, 5) is 0. The van der Waals surface area contributed by atoms with Gasteiger partial charge < -0.3 is 0 Å². The van der Waals surface area contributed by atoms with Gasteiger partial charge in [0.1, 0.15) is 0 Å². The highest BCUT2D eigenvalue weighted by Gasteiger charge is 2.31. The summed E-state index contributed by atoms with van der Waals surface area (Å²) in [7, 11) is 0. The standard InChI is InChI=1S/C12H24/c1-4-6-10(2)7-5-8-12-9-11(12)3/h10-12H,4-9H2,1-3H3. The first-order valence-corrected chi connectivity index (χ1v) is 5.74. The van der Waals surface area contributed by atoms with Gasteiger partial charge in [-0.1, -0.05) is 52.9 Å². The molecule has 0 heteroatoms. The van der Waals surface area contributed by atoms with Gasteiger partial charge in [0.05, 0.1) is 0 Å². The van der Waals surface area contributed by atoms with Crippen LogP contribution in [0, 0.1) is 17.8 Å². The van der Waals surface area contributed by atoms with E-state index in [0.717, 1.165) is 17.8 Å². The average molecular weight is 168 g/mol. The van der Waals surface area contributed by atoms with E-state index in [9.17, 15) is 0 Å². The molecule has 12 heavy (non-hydrogen) atoms. The predicted molar refractivity (Wildman–Crippen MR) is 55.2 cm³/mol. The third-order valence-electron chi connectivity index (χ3n) is 3.33. The zero-order valence-electron chi connectivity index (χ0n) is 8.97. The second kappa shape index (κ2) is 4.89. The zero-order valence-corrected chi connectivity index (χ0v) is 8.97. The Hall–Kier alpha value is 0. The molecule has 0 aromatic rings. The van der Waals surface area contributed by atoms with Gasteiger partial charge in [-0.15, -0.1) is 0 Å². The van der Waals surface area contributed by atoms with E-state index >= 15 is 0 Å². The van der Waals surface area contributed by atoms with Crippen LogP contribution in [0.4, 0.5) is 0 Å². The van der Waals surface area contributed by atoms with E-state index in [1.165, 1.54) is 38.5 Å². The van der Waals surface area contributed by atoms with E-state index < -0.39 is 0 Å². The fraction of sp³-hybridized carbons (Fsp3) is 1.00. The SMILES string of the molecule is CCCC(C)CCCC1CC1C. The minimum absolute atomic E-state index is 0.976. The topological polar surface area (TPSA) is 0 Å². The van der Waals surface area contributed by atoms with Crippen molar-refractivity contribution in [2.75, 3.05) is 0 Å². The molecule has 0 nitrogen and oxygen atoms in total. The summed E-state index contributed by atoms with van der Waals surface area (Å²) in [5, 5.41) is 0. The molecule has 0 radical (unpaired) electrons. The smallest absolute Gasteiger partial charge is 0.0386 e. The van der Waals surface area contributed by atoms with Crippen LogP contribution in [0.1, 0.15) is 59.3 Å². The Labute approximate surface area is 77.7 Å². The number of hydrogen-bond acceptors (Lipinski definition) is 0. The number of hydrogen-bond donors (Lipinski definition) is 0. The Bertz CT molecular complexity index is 117. The highest BCUT2D eigenvalue weighted by Crippen LogP contribution is 2.41. The van der Waals surface area contributed by atoms with Crippen LogP contribution in [0.3, 0.4) is 0 Å². The third kappa shape index (κ3) is 3.60. The molecule has 3 unspecified atom stereocenters. The molecule has 0 N–H and O–H groups in total. The van der Waals surface area contributed by atoms with Gasteiger partial charge in [0.15, 0.2) is 0 Å². The molecule has 0 aromatic heterocycles. The van der Waals surface area contributed by atoms with Gasteiger partial charge in [-0.05, 0) is 24.2 Å². The molecule has 0 spiro atoms. The van der Waals surface area contributed by atoms with Gasteiger partial charge >= 0.3 is 0 Å². The van der Waals surface area contributed by atoms with Gasteiger partial charge in [0.2, 0.25) is 0 Å². The van der Waals surface area contributed by atoms with Crippen molar-refractivity contribution in [3.8, 4) is 0 Å². The van der Waals surface area contributed by atoms with Gasteiger partial charge in [-0.2, -0.15) is 0 Å². The molecule has 1 aliphatic carbocycles. The molecule has 0 aliphatic heterocycles. The summed E-state index contributed by atoms with van der Waals surface area (Å²) >= 11 is 0. The van der Waals surface area contributed by atoms with Crippen LogP contribution < -0.4 is 0 Å². The third-order valence-corrected chi connectivity index (χ3v) is 3.33. The summed E-state index contributed by atoms with van der Waals surface area (Å²) in [5.74, 6) is 3.15. The van der Waals surface area contributed by atoms with E-state index in [4.69, 9.17) is 0 Å². The molecule has 72 valence electrons. The zero-order chi connectivity index (χ0) is 8.97. The minimum Gasteiger partial charge on any atom is -0.0654 e. The number of rotatable bonds is 6. The van der Waals surface area contributed by atoms with Crippen LogP contribution >= 0.6 is 0 Å². The highest BCUT2D eigenvalue weighted by molar-refractivity contribution is 4.81. The molecule has 1 aliphatic rings. The molecule has 3 atom stereocenters. The minimum atomic E-state index is 0.976. The Kier molecular flexibility index (Phi) is 4.11. The van der Waals surface area contributed by atoms with Gasteiger partial charge in [-0.25, -0.2) is 0 Å². The van der Waals surface area contributed by atoms with Gasteiger partial charge in [0.25, 0.3) is 0 Å². The van der Waals surface area contributed by atoms with Crippen molar-refractivity contribution in [1.82, 2.24) is 0 Å². The van der Waals surface area contributed by atoms with Crippen LogP contribution in [0.2, 0.25) is 0 Å². The van der Waals surface area contributed by atoms with Crippen LogP contribution in [-0.2, 0) is 0 Å². The van der Waals surface area contributed by atoms with Crippen molar-refractivity contribution < 1.29 is 0 Å². The predicted octanol–water partition coefficient (Wildman–Crippen LogP) is 4.25. The van der Waals surface area contributed by atoms with E-state index in [-0.39, 0.29) is 0 Å². The lowest BCUT2D eigenvalue weighted by Gasteiger charge is -2.08. The largest absolute Gasteiger partial charge is 0.0654 e. The average Bonchev–Trinajstić information content (AvgIpc) is 2.67. The normalized spacial score (nSPS) is 30.2. The second-order valence-corrected chi connectivity index (χ2v) is 4.80. The Morgan fingerprint density at radius 1 is 1.33 bits per heavy atom. The molecule has 1 rings (SSSR count). The van der Waals surface area contributed by atoms with Crippen LogP contribution in [0.25, 0.3) is 0 Å². The molecular weight excluding hydrogens is 144 g/mol. The fourth-order valence-corrected chi connectivity index (χ4v) is 2.17. The van der Waals surface area contributed by atoms with Crippen molar-refractivity contribution in [3.63, 3.8) is 0 Å². The van der Waals surface area contributed by atoms with E-state index in [2.05, 4.69) is 20.8 Å². The summed E-state index contributed by atoms with van der Waals surface area (Å²) in [6.07, 6.45) is 8.77. The summed E-state index contributed by atoms with van der Waals surface area (Å²) in [6, 6.07) is 0. The van der Waals surface area contributed by atoms with Crippen LogP contribution in [-0.4, -0.2) is 0 Å². The van der Waals surface area contributed by atoms with Crippen molar-refractivity contribution in [1.29, 1.82) is 0 Å². The second-order valence-electron chi connectivity index (χ2n) is 4.80. The maximum atomic E-state index is 2.40. The lowest BCUT2D eigenvalue weighted by molar-refractivity contribution is 0.448. The first-order chi connectivity index (χ1) is 5.74. The van der Waals surface area contributed by atoms with E-state index in [1.54, 1.807) is 0 Å². The maximum Gasteiger partial charge on any atom is -0.0386 e. The highest BCUT2D eigenvalue weighted by atomic mass is 14.4. The summed E-state index contributed by atoms with van der Waals surface area (Å²) in [5.41, 5.74) is 0. The van der Waals surface area contributed by atoms with Crippen molar-refractivity contribution in [2.24, 2.45) is 17.8 Å². The molecule has 1 saturated carbocycles. The molecule has 0 saturated heterocycles. The van der Waals surface area contributed by atoms with Gasteiger partial charge in [0, 0.05) is 0 Å². The van der Waals surface area contributed by atoms with E-state index in [1.807, 2.05) is 0 Å². The van der Waals surface area contributed by atoms with Crippen molar-refractivity contribution >= 4 is 0 Å². The van der Waals surface area contributed by atoms with Crippen LogP contribution in [0.15, 0.2) is 0 Å². The molecule has 0 aromatic carbocycles. The van der Waals surface area contributed by atoms with E-state index in [0.29, 0.717) is 0 Å². The fourth-order valence-electron chi connectivity index (χ4n) is 2.17. The van der Waals surface area contributed by atoms with Crippen LogP contribution in [0.5, 0.6) is 0 Å². The lowest BCUT2D eigenvalue weighted by atomic mass is 9.98. The first kappa shape index (κ1) is 10.1. The Morgan fingerprint density at radius 2 is 2.00 bits per heavy atom. The first-order valence-electron chi connectivity index (χ1n) is 5.74. The monoisotopic (exact) mass is 168 g/mol. The quantitative estimate of drug-likeness (QED) is 0.556. The summed E-state index contributed by atoms with van der Waals surface area (Å²) < 4.78 is 0. The molecular formula is C12H24. The van der Waals surface area contributed by atoms with Crippen molar-refractivity contribution in [2.45, 2.75) is 59.3 Å². The maximum absolute atomic E-state index is 2.40. The molecule has 0 bridgehead atoms. The lowest BCUT2D eigenvalue weighted by Crippen LogP contribution is -1.94. The Balaban J connectivity index is 1.88. The molecule has 1 fully saturated rings. The van der Waals surface area contributed by atoms with Gasteiger partial charge in [-0.3, -0.25) is 0 Å². The molecule has 0 heterocycles. The Morgan fingerprint density at radius 3 is 2.50 bits per heavy atom. The molecule has 0 amide bonds. The van der Waals surface area contributed by atoms with Crippen molar-refractivity contribution in [3.05, 3.63) is 0 Å².